The molecule has 3 amide bonds. The number of rotatable bonds is 5. The number of benzene rings is 1. The molecule has 3 fully saturated rings. The number of hydrogen-bond donors (Lipinski definition) is 3. The molecule has 8 nitrogen and oxygen atoms in total. The molecule has 36 heavy (non-hydrogen) atoms. The van der Waals surface area contributed by atoms with Gasteiger partial charge in [0.25, 0.3) is 5.91 Å². The van der Waals surface area contributed by atoms with Crippen LogP contribution in [0.4, 0.5) is 0 Å². The Balaban J connectivity index is 1.47. The van der Waals surface area contributed by atoms with Crippen LogP contribution < -0.4 is 11.1 Å². The Bertz CT molecular complexity index is 1380. The zero-order chi connectivity index (χ0) is 25.4. The van der Waals surface area contributed by atoms with Gasteiger partial charge in [0.2, 0.25) is 11.8 Å². The zero-order valence-electron chi connectivity index (χ0n) is 19.3. The standard InChI is InChI=1S/C26H25Cl2N5O3/c27-16-7-19(28)17-9-21(32-20(17)8-16)24(35)33-11-18-12-1-2-13(5-12)22(18)26(33,25(30)36)15(10-29)6-14-3-4-31-23(14)34/h1-2,7-9,12-15,18,22,32H,3-6,11H2,(H2,30,36)(H,31,34)/t12?,13?,14-,15-,18?,22?,26?/m1/s1. The number of nitrogens with zero attached hydrogens (tertiary/aromatic N) is 2. The van der Waals surface area contributed by atoms with Crippen LogP contribution in [0.1, 0.15) is 29.8 Å². The van der Waals surface area contributed by atoms with E-state index in [4.69, 9.17) is 28.9 Å². The second-order valence-corrected chi connectivity index (χ2v) is 11.3. The Hall–Kier alpha value is -3.02. The molecule has 1 aromatic heterocycles. The summed E-state index contributed by atoms with van der Waals surface area (Å²) in [5.74, 6) is -2.53. The molecule has 2 aliphatic carbocycles. The number of aromatic amines is 1. The predicted octanol–water partition coefficient (Wildman–Crippen LogP) is 3.26. The molecule has 3 heterocycles. The van der Waals surface area contributed by atoms with Crippen LogP contribution in [0, 0.1) is 46.8 Å². The summed E-state index contributed by atoms with van der Waals surface area (Å²) in [6.45, 7) is 0.850. The normalized spacial score (nSPS) is 33.1. The Morgan fingerprint density at radius 2 is 2.03 bits per heavy atom. The van der Waals surface area contributed by atoms with E-state index in [0.717, 1.165) is 6.42 Å². The molecule has 4 aliphatic rings. The number of carbonyl (C=O) groups excluding carboxylic acids is 3. The molecular weight excluding hydrogens is 501 g/mol. The number of nitrogens with one attached hydrogen (secondary N) is 2. The van der Waals surface area contributed by atoms with Crippen LogP contribution in [-0.4, -0.2) is 46.2 Å². The second kappa shape index (κ2) is 8.25. The van der Waals surface area contributed by atoms with E-state index in [1.165, 1.54) is 4.90 Å². The highest BCUT2D eigenvalue weighted by molar-refractivity contribution is 6.38. The lowest BCUT2D eigenvalue weighted by atomic mass is 9.65. The first-order valence-corrected chi connectivity index (χ1v) is 13.0. The maximum atomic E-state index is 14.1. The average molecular weight is 526 g/mol. The predicted molar refractivity (Wildman–Crippen MR) is 134 cm³/mol. The number of hydrogen-bond acceptors (Lipinski definition) is 4. The second-order valence-electron chi connectivity index (χ2n) is 10.5. The quantitative estimate of drug-likeness (QED) is 0.516. The number of allylic oxidation sites excluding steroid dienone is 2. The number of primary amides is 1. The van der Waals surface area contributed by atoms with Crippen molar-refractivity contribution in [1.29, 1.82) is 5.26 Å². The van der Waals surface area contributed by atoms with Crippen LogP contribution in [0.2, 0.25) is 10.0 Å². The summed E-state index contributed by atoms with van der Waals surface area (Å²) in [4.78, 5) is 44.7. The van der Waals surface area contributed by atoms with E-state index in [0.29, 0.717) is 40.5 Å². The van der Waals surface area contributed by atoms with Gasteiger partial charge in [-0.25, -0.2) is 0 Å². The van der Waals surface area contributed by atoms with Crippen molar-refractivity contribution in [2.45, 2.75) is 24.8 Å². The number of nitriles is 1. The van der Waals surface area contributed by atoms with Crippen molar-refractivity contribution < 1.29 is 14.4 Å². The monoisotopic (exact) mass is 525 g/mol. The molecule has 2 aliphatic heterocycles. The molecule has 1 aromatic carbocycles. The van der Waals surface area contributed by atoms with Crippen molar-refractivity contribution in [3.05, 3.63) is 46.1 Å². The molecule has 2 aromatic rings. The molecule has 7 atom stereocenters. The van der Waals surface area contributed by atoms with Gasteiger partial charge in [-0.1, -0.05) is 35.4 Å². The lowest BCUT2D eigenvalue weighted by Crippen LogP contribution is -2.64. The van der Waals surface area contributed by atoms with Gasteiger partial charge in [-0.3, -0.25) is 14.4 Å². The van der Waals surface area contributed by atoms with Gasteiger partial charge in [-0.05, 0) is 55.2 Å². The Labute approximate surface area is 217 Å². The van der Waals surface area contributed by atoms with Gasteiger partial charge < -0.3 is 20.9 Å². The third-order valence-electron chi connectivity index (χ3n) is 8.86. The van der Waals surface area contributed by atoms with Crippen molar-refractivity contribution in [2.24, 2.45) is 41.2 Å². The van der Waals surface area contributed by atoms with Gasteiger partial charge in [-0.2, -0.15) is 5.26 Å². The fourth-order valence-corrected chi connectivity index (χ4v) is 7.96. The first kappa shape index (κ1) is 23.4. The van der Waals surface area contributed by atoms with Gasteiger partial charge in [0.15, 0.2) is 0 Å². The molecule has 1 saturated carbocycles. The van der Waals surface area contributed by atoms with Crippen LogP contribution >= 0.6 is 23.2 Å². The lowest BCUT2D eigenvalue weighted by molar-refractivity contribution is -0.134. The number of H-pyrrole nitrogens is 1. The van der Waals surface area contributed by atoms with Crippen molar-refractivity contribution in [3.8, 4) is 6.07 Å². The summed E-state index contributed by atoms with van der Waals surface area (Å²) in [6, 6.07) is 7.25. The Morgan fingerprint density at radius 1 is 1.25 bits per heavy atom. The van der Waals surface area contributed by atoms with Gasteiger partial charge in [-0.15, -0.1) is 0 Å². The average Bonchev–Trinajstić information content (AvgIpc) is 3.63. The fourth-order valence-electron chi connectivity index (χ4n) is 7.41. The minimum atomic E-state index is -1.53. The highest BCUT2D eigenvalue weighted by atomic mass is 35.5. The number of carbonyl (C=O) groups is 3. The van der Waals surface area contributed by atoms with Crippen molar-refractivity contribution in [3.63, 3.8) is 0 Å². The zero-order valence-corrected chi connectivity index (χ0v) is 20.9. The molecule has 0 radical (unpaired) electrons. The number of amides is 3. The van der Waals surface area contributed by atoms with Gasteiger partial charge in [0.05, 0.1) is 17.0 Å². The van der Waals surface area contributed by atoms with E-state index < -0.39 is 29.2 Å². The molecule has 2 saturated heterocycles. The summed E-state index contributed by atoms with van der Waals surface area (Å²) in [5, 5.41) is 14.7. The van der Waals surface area contributed by atoms with E-state index in [2.05, 4.69) is 28.5 Å². The molecule has 2 bridgehead atoms. The number of fused-ring (bicyclic) bond motifs is 6. The van der Waals surface area contributed by atoms with Crippen molar-refractivity contribution >= 4 is 51.8 Å². The van der Waals surface area contributed by atoms with Crippen molar-refractivity contribution in [2.75, 3.05) is 13.1 Å². The number of aromatic nitrogens is 1. The number of nitrogens with two attached hydrogens (primary N) is 1. The summed E-state index contributed by atoms with van der Waals surface area (Å²) < 4.78 is 0. The first-order valence-electron chi connectivity index (χ1n) is 12.2. The minimum Gasteiger partial charge on any atom is -0.368 e. The highest BCUT2D eigenvalue weighted by Gasteiger charge is 2.69. The SMILES string of the molecule is N#C[C@@H](C[C@H]1CCNC1=O)C1(C(N)=O)C2C3C=CC(C3)C2CN1C(=O)c1cc2c(Cl)cc(Cl)cc2[nH]1. The van der Waals surface area contributed by atoms with Crippen molar-refractivity contribution in [1.82, 2.24) is 15.2 Å². The molecular formula is C26H25Cl2N5O3. The number of halogens is 2. The number of likely N-dealkylation sites (tertiary alicyclic amines) is 1. The van der Waals surface area contributed by atoms with E-state index in [9.17, 15) is 19.6 Å². The maximum absolute atomic E-state index is 14.1. The fraction of sp³-hybridized carbons (Fsp3) is 0.462. The van der Waals surface area contributed by atoms with Gasteiger partial charge >= 0.3 is 0 Å². The molecule has 6 rings (SSSR count). The lowest BCUT2D eigenvalue weighted by Gasteiger charge is -2.44. The smallest absolute Gasteiger partial charge is 0.271 e. The third kappa shape index (κ3) is 3.15. The molecule has 5 unspecified atom stereocenters. The molecule has 10 heteroatoms. The largest absolute Gasteiger partial charge is 0.368 e. The topological polar surface area (TPSA) is 132 Å². The molecule has 0 spiro atoms. The maximum Gasteiger partial charge on any atom is 0.271 e. The first-order chi connectivity index (χ1) is 17.2. The van der Waals surface area contributed by atoms with Crippen LogP contribution in [-0.2, 0) is 9.59 Å². The minimum absolute atomic E-state index is 0.0205. The highest BCUT2D eigenvalue weighted by Crippen LogP contribution is 2.60. The van der Waals surface area contributed by atoms with Crippen LogP contribution in [0.3, 0.4) is 0 Å². The summed E-state index contributed by atoms with van der Waals surface area (Å²) >= 11 is 12.5. The van der Waals surface area contributed by atoms with Gasteiger partial charge in [0.1, 0.15) is 11.2 Å². The molecule has 4 N–H and O–H groups in total. The Morgan fingerprint density at radius 3 is 2.72 bits per heavy atom. The third-order valence-corrected chi connectivity index (χ3v) is 9.39. The van der Waals surface area contributed by atoms with Crippen LogP contribution in [0.5, 0.6) is 0 Å². The summed E-state index contributed by atoms with van der Waals surface area (Å²) in [6.07, 6.45) is 5.89. The summed E-state index contributed by atoms with van der Waals surface area (Å²) in [5.41, 5.74) is 5.49. The van der Waals surface area contributed by atoms with Crippen LogP contribution in [0.25, 0.3) is 10.9 Å². The van der Waals surface area contributed by atoms with E-state index in [1.807, 2.05) is 0 Å². The van der Waals surface area contributed by atoms with Crippen LogP contribution in [0.15, 0.2) is 30.4 Å². The summed E-state index contributed by atoms with van der Waals surface area (Å²) in [7, 11) is 0. The van der Waals surface area contributed by atoms with Gasteiger partial charge in [0, 0.05) is 40.9 Å². The van der Waals surface area contributed by atoms with E-state index in [1.54, 1.807) is 18.2 Å². The van der Waals surface area contributed by atoms with E-state index >= 15 is 0 Å². The molecule has 186 valence electrons. The Kier molecular flexibility index (Phi) is 5.36. The van der Waals surface area contributed by atoms with E-state index in [-0.39, 0.29) is 41.7 Å².